The summed E-state index contributed by atoms with van der Waals surface area (Å²) in [5.41, 5.74) is 8.75. The molecule has 0 amide bonds. The fourth-order valence-electron chi connectivity index (χ4n) is 2.04. The Balaban J connectivity index is 2.40. The Kier molecular flexibility index (Phi) is 3.57. The van der Waals surface area contributed by atoms with E-state index >= 15 is 0 Å². The zero-order valence-corrected chi connectivity index (χ0v) is 12.3. The van der Waals surface area contributed by atoms with E-state index in [0.717, 1.165) is 16.8 Å². The summed E-state index contributed by atoms with van der Waals surface area (Å²) < 4.78 is 6.92. The van der Waals surface area contributed by atoms with E-state index in [1.807, 2.05) is 58.0 Å². The molecule has 2 rings (SSSR count). The molecule has 2 aromatic rings. The lowest BCUT2D eigenvalue weighted by molar-refractivity contribution is 0.0540. The second-order valence-corrected chi connectivity index (χ2v) is 5.82. The van der Waals surface area contributed by atoms with Crippen LogP contribution in [0, 0.1) is 6.92 Å². The minimum atomic E-state index is -0.519. The fourth-order valence-corrected chi connectivity index (χ4v) is 2.04. The molecule has 0 saturated carbocycles. The molecule has 0 saturated heterocycles. The van der Waals surface area contributed by atoms with Crippen LogP contribution in [0.2, 0.25) is 0 Å². The summed E-state index contributed by atoms with van der Waals surface area (Å²) in [7, 11) is 0. The molecule has 1 heterocycles. The maximum Gasteiger partial charge on any atom is 0.418 e. The number of nitrogen functional groups attached to an aromatic ring is 1. The van der Waals surface area contributed by atoms with E-state index in [1.165, 1.54) is 4.57 Å². The molecule has 1 aromatic heterocycles. The van der Waals surface area contributed by atoms with Gasteiger partial charge in [0.15, 0.2) is 0 Å². The zero-order valence-electron chi connectivity index (χ0n) is 12.3. The maximum atomic E-state index is 12.2. The van der Waals surface area contributed by atoms with Gasteiger partial charge in [-0.15, -0.1) is 0 Å². The molecule has 2 N–H and O–H groups in total. The molecule has 0 fully saturated rings. The first kappa shape index (κ1) is 14.2. The Morgan fingerprint density at radius 2 is 1.95 bits per heavy atom. The molecule has 0 unspecified atom stereocenters. The zero-order chi connectivity index (χ0) is 14.9. The number of carbonyl (C=O) groups excluding carboxylic acids is 1. The highest BCUT2D eigenvalue weighted by molar-refractivity contribution is 5.80. The van der Waals surface area contributed by atoms with E-state index < -0.39 is 5.60 Å². The van der Waals surface area contributed by atoms with Gasteiger partial charge in [-0.25, -0.2) is 4.79 Å². The molecule has 4 heteroatoms. The minimum absolute atomic E-state index is 0.381. The molecule has 0 radical (unpaired) electrons. The number of nitrogens with two attached hydrogens (primary N) is 1. The van der Waals surface area contributed by atoms with Gasteiger partial charge in [-0.2, -0.15) is 0 Å². The second-order valence-electron chi connectivity index (χ2n) is 5.82. The van der Waals surface area contributed by atoms with E-state index in [9.17, 15) is 4.79 Å². The molecule has 20 heavy (non-hydrogen) atoms. The molecule has 0 bridgehead atoms. The normalized spacial score (nSPS) is 11.4. The number of ether oxygens (including phenoxy) is 1. The highest BCUT2D eigenvalue weighted by atomic mass is 16.6. The van der Waals surface area contributed by atoms with Crippen LogP contribution in [0.15, 0.2) is 36.5 Å². The predicted octanol–water partition coefficient (Wildman–Crippen LogP) is 3.83. The van der Waals surface area contributed by atoms with Crippen LogP contribution in [0.4, 0.5) is 10.5 Å². The first-order valence-corrected chi connectivity index (χ1v) is 6.55. The van der Waals surface area contributed by atoms with Crippen LogP contribution < -0.4 is 5.73 Å². The van der Waals surface area contributed by atoms with Gasteiger partial charge in [-0.05, 0) is 57.5 Å². The molecule has 1 aromatic carbocycles. The average Bonchev–Trinajstić information content (AvgIpc) is 2.75. The van der Waals surface area contributed by atoms with Crippen molar-refractivity contribution >= 4 is 11.8 Å². The van der Waals surface area contributed by atoms with Gasteiger partial charge in [0.05, 0.1) is 5.69 Å². The summed E-state index contributed by atoms with van der Waals surface area (Å²) in [5, 5.41) is 0. The van der Waals surface area contributed by atoms with Gasteiger partial charge in [-0.1, -0.05) is 6.07 Å². The standard InChI is InChI=1S/C16H20N2O2/c1-11-10-12(17)7-8-13(11)14-6-5-9-18(14)15(19)20-16(2,3)4/h5-10H,17H2,1-4H3. The molecule has 0 aliphatic rings. The van der Waals surface area contributed by atoms with E-state index in [4.69, 9.17) is 10.5 Å². The largest absolute Gasteiger partial charge is 0.443 e. The van der Waals surface area contributed by atoms with Crippen molar-refractivity contribution in [2.45, 2.75) is 33.3 Å². The quantitative estimate of drug-likeness (QED) is 0.803. The number of aromatic nitrogens is 1. The summed E-state index contributed by atoms with van der Waals surface area (Å²) in [6.07, 6.45) is 1.33. The lowest BCUT2D eigenvalue weighted by Gasteiger charge is -2.20. The summed E-state index contributed by atoms with van der Waals surface area (Å²) >= 11 is 0. The lowest BCUT2D eigenvalue weighted by Crippen LogP contribution is -2.27. The lowest BCUT2D eigenvalue weighted by atomic mass is 10.1. The SMILES string of the molecule is Cc1cc(N)ccc1-c1cccn1C(=O)OC(C)(C)C. The van der Waals surface area contributed by atoms with Crippen LogP contribution in [-0.4, -0.2) is 16.3 Å². The smallest absolute Gasteiger partial charge is 0.418 e. The van der Waals surface area contributed by atoms with Gasteiger partial charge >= 0.3 is 6.09 Å². The Bertz CT molecular complexity index is 636. The van der Waals surface area contributed by atoms with Crippen molar-refractivity contribution in [2.24, 2.45) is 0 Å². The highest BCUT2D eigenvalue weighted by Gasteiger charge is 2.20. The van der Waals surface area contributed by atoms with Crippen LogP contribution in [0.5, 0.6) is 0 Å². The van der Waals surface area contributed by atoms with Crippen molar-refractivity contribution in [3.05, 3.63) is 42.1 Å². The van der Waals surface area contributed by atoms with Crippen molar-refractivity contribution < 1.29 is 9.53 Å². The van der Waals surface area contributed by atoms with Gasteiger partial charge < -0.3 is 10.5 Å². The third-order valence-electron chi connectivity index (χ3n) is 2.87. The topological polar surface area (TPSA) is 57.2 Å². The number of carbonyl (C=O) groups is 1. The number of aryl methyl sites for hydroxylation is 1. The van der Waals surface area contributed by atoms with Crippen LogP contribution in [0.1, 0.15) is 26.3 Å². The minimum Gasteiger partial charge on any atom is -0.443 e. The number of anilines is 1. The van der Waals surface area contributed by atoms with Crippen LogP contribution in [0.3, 0.4) is 0 Å². The van der Waals surface area contributed by atoms with Gasteiger partial charge in [0.1, 0.15) is 5.60 Å². The highest BCUT2D eigenvalue weighted by Crippen LogP contribution is 2.26. The van der Waals surface area contributed by atoms with Crippen molar-refractivity contribution in [1.82, 2.24) is 4.57 Å². The Morgan fingerprint density at radius 1 is 1.25 bits per heavy atom. The van der Waals surface area contributed by atoms with Crippen molar-refractivity contribution in [3.63, 3.8) is 0 Å². The molecule has 4 nitrogen and oxygen atoms in total. The van der Waals surface area contributed by atoms with Gasteiger partial charge in [0, 0.05) is 17.4 Å². The molecular formula is C16H20N2O2. The van der Waals surface area contributed by atoms with E-state index in [0.29, 0.717) is 5.69 Å². The maximum absolute atomic E-state index is 12.2. The number of nitrogens with zero attached hydrogens (tertiary/aromatic N) is 1. The summed E-state index contributed by atoms with van der Waals surface area (Å²) in [6, 6.07) is 9.36. The number of rotatable bonds is 1. The van der Waals surface area contributed by atoms with Crippen LogP contribution in [-0.2, 0) is 4.74 Å². The Labute approximate surface area is 119 Å². The molecule has 0 atom stereocenters. The van der Waals surface area contributed by atoms with E-state index in [1.54, 1.807) is 6.20 Å². The molecular weight excluding hydrogens is 252 g/mol. The van der Waals surface area contributed by atoms with Crippen molar-refractivity contribution in [1.29, 1.82) is 0 Å². The first-order valence-electron chi connectivity index (χ1n) is 6.55. The van der Waals surface area contributed by atoms with Gasteiger partial charge in [0.25, 0.3) is 0 Å². The summed E-state index contributed by atoms with van der Waals surface area (Å²) in [4.78, 5) is 12.2. The van der Waals surface area contributed by atoms with Gasteiger partial charge in [0.2, 0.25) is 0 Å². The molecule has 0 aliphatic carbocycles. The first-order chi connectivity index (χ1) is 9.28. The van der Waals surface area contributed by atoms with Gasteiger partial charge in [-0.3, -0.25) is 4.57 Å². The van der Waals surface area contributed by atoms with Crippen LogP contribution in [0.25, 0.3) is 11.3 Å². The monoisotopic (exact) mass is 272 g/mol. The Morgan fingerprint density at radius 3 is 2.55 bits per heavy atom. The van der Waals surface area contributed by atoms with Crippen LogP contribution >= 0.6 is 0 Å². The van der Waals surface area contributed by atoms with Crippen molar-refractivity contribution in [3.8, 4) is 11.3 Å². The average molecular weight is 272 g/mol. The van der Waals surface area contributed by atoms with Crippen molar-refractivity contribution in [2.75, 3.05) is 5.73 Å². The molecule has 0 aliphatic heterocycles. The third kappa shape index (κ3) is 3.02. The van der Waals surface area contributed by atoms with E-state index in [-0.39, 0.29) is 6.09 Å². The number of benzene rings is 1. The third-order valence-corrected chi connectivity index (χ3v) is 2.87. The number of hydrogen-bond donors (Lipinski definition) is 1. The second kappa shape index (κ2) is 5.04. The number of hydrogen-bond acceptors (Lipinski definition) is 3. The Hall–Kier alpha value is -2.23. The molecule has 106 valence electrons. The predicted molar refractivity (Wildman–Crippen MR) is 80.6 cm³/mol. The fraction of sp³-hybridized carbons (Fsp3) is 0.312. The van der Waals surface area contributed by atoms with E-state index in [2.05, 4.69) is 0 Å². The summed E-state index contributed by atoms with van der Waals surface area (Å²) in [5.74, 6) is 0. The summed E-state index contributed by atoms with van der Waals surface area (Å²) in [6.45, 7) is 7.52. The molecule has 0 spiro atoms.